The lowest BCUT2D eigenvalue weighted by Gasteiger charge is -2.28. The van der Waals surface area contributed by atoms with E-state index in [9.17, 15) is 4.79 Å². The van der Waals surface area contributed by atoms with Gasteiger partial charge in [-0.25, -0.2) is 0 Å². The maximum Gasteiger partial charge on any atom is 0.181 e. The summed E-state index contributed by atoms with van der Waals surface area (Å²) in [7, 11) is 0. The first-order chi connectivity index (χ1) is 7.75. The zero-order valence-electron chi connectivity index (χ0n) is 9.64. The summed E-state index contributed by atoms with van der Waals surface area (Å²) in [6.45, 7) is 0.824. The summed E-state index contributed by atoms with van der Waals surface area (Å²) in [6, 6.07) is 3.41. The Kier molecular flexibility index (Phi) is 3.78. The van der Waals surface area contributed by atoms with E-state index in [2.05, 4.69) is 0 Å². The minimum Gasteiger partial charge on any atom is -0.352 e. The first-order valence-corrected chi connectivity index (χ1v) is 6.17. The Balaban J connectivity index is 1.93. The minimum absolute atomic E-state index is 0.0579. The fourth-order valence-electron chi connectivity index (χ4n) is 2.52. The predicted molar refractivity (Wildman–Crippen MR) is 65.3 cm³/mol. The number of nitrogens with zero attached hydrogens (tertiary/aromatic N) is 1. The van der Waals surface area contributed by atoms with Gasteiger partial charge in [0.2, 0.25) is 0 Å². The average Bonchev–Trinajstić information content (AvgIpc) is 2.33. The fourth-order valence-corrected chi connectivity index (χ4v) is 2.52. The number of pyridine rings is 1. The molecule has 0 bridgehead atoms. The van der Waals surface area contributed by atoms with Crippen molar-refractivity contribution in [1.82, 2.24) is 4.57 Å². The van der Waals surface area contributed by atoms with Crippen molar-refractivity contribution in [2.45, 2.75) is 44.7 Å². The van der Waals surface area contributed by atoms with Gasteiger partial charge in [-0.2, -0.15) is 0 Å². The van der Waals surface area contributed by atoms with Gasteiger partial charge in [-0.1, -0.05) is 19.3 Å². The summed E-state index contributed by atoms with van der Waals surface area (Å²) in [6.07, 6.45) is 10.2. The minimum atomic E-state index is 0.0579. The Labute approximate surface area is 96.3 Å². The predicted octanol–water partition coefficient (Wildman–Crippen LogP) is 1.76. The molecule has 0 amide bonds. The summed E-state index contributed by atoms with van der Waals surface area (Å²) in [5, 5.41) is 0. The molecule has 1 heterocycles. The highest BCUT2D eigenvalue weighted by atomic mass is 16.1. The van der Waals surface area contributed by atoms with Crippen LogP contribution in [-0.2, 0) is 6.54 Å². The summed E-state index contributed by atoms with van der Waals surface area (Å²) >= 11 is 0. The Morgan fingerprint density at radius 3 is 2.50 bits per heavy atom. The molecule has 0 aliphatic heterocycles. The molecule has 1 aliphatic carbocycles. The number of hydrogen-bond donors (Lipinski definition) is 1. The molecule has 0 radical (unpaired) electrons. The molecule has 1 aromatic heterocycles. The van der Waals surface area contributed by atoms with Gasteiger partial charge in [-0.3, -0.25) is 4.79 Å². The highest BCUT2D eigenvalue weighted by molar-refractivity contribution is 4.94. The fraction of sp³-hybridized carbons (Fsp3) is 0.615. The van der Waals surface area contributed by atoms with Crippen LogP contribution < -0.4 is 11.2 Å². The summed E-state index contributed by atoms with van der Waals surface area (Å²) in [5.41, 5.74) is 6.28. The van der Waals surface area contributed by atoms with Crippen LogP contribution >= 0.6 is 0 Å². The van der Waals surface area contributed by atoms with Gasteiger partial charge in [-0.05, 0) is 18.8 Å². The molecule has 2 N–H and O–H groups in total. The van der Waals surface area contributed by atoms with Crippen LogP contribution in [0, 0.1) is 5.92 Å². The zero-order chi connectivity index (χ0) is 11.4. The molecule has 3 heteroatoms. The van der Waals surface area contributed by atoms with E-state index in [1.807, 2.05) is 17.0 Å². The number of nitrogens with two attached hydrogens (primary N) is 1. The van der Waals surface area contributed by atoms with E-state index >= 15 is 0 Å². The molecule has 1 fully saturated rings. The van der Waals surface area contributed by atoms with E-state index < -0.39 is 0 Å². The molecular weight excluding hydrogens is 200 g/mol. The van der Waals surface area contributed by atoms with Crippen molar-refractivity contribution < 1.29 is 0 Å². The molecular formula is C13H20N2O. The van der Waals surface area contributed by atoms with E-state index in [4.69, 9.17) is 5.73 Å². The van der Waals surface area contributed by atoms with Gasteiger partial charge in [0.1, 0.15) is 0 Å². The largest absolute Gasteiger partial charge is 0.352 e. The van der Waals surface area contributed by atoms with Gasteiger partial charge < -0.3 is 10.3 Å². The third-order valence-corrected chi connectivity index (χ3v) is 3.54. The van der Waals surface area contributed by atoms with E-state index in [1.165, 1.54) is 32.1 Å². The third kappa shape index (κ3) is 2.95. The van der Waals surface area contributed by atoms with Crippen molar-refractivity contribution in [3.8, 4) is 0 Å². The van der Waals surface area contributed by atoms with Crippen molar-refractivity contribution >= 4 is 0 Å². The van der Waals surface area contributed by atoms with Crippen LogP contribution in [0.25, 0.3) is 0 Å². The molecule has 2 rings (SSSR count). The lowest BCUT2D eigenvalue weighted by atomic mass is 9.84. The number of aromatic nitrogens is 1. The van der Waals surface area contributed by atoms with Crippen molar-refractivity contribution in [3.05, 3.63) is 34.7 Å². The Hall–Kier alpha value is -1.09. The van der Waals surface area contributed by atoms with Crippen LogP contribution in [0.1, 0.15) is 32.1 Å². The Bertz CT molecular complexity index is 359. The molecule has 0 saturated heterocycles. The molecule has 1 unspecified atom stereocenters. The summed E-state index contributed by atoms with van der Waals surface area (Å²) in [5.74, 6) is 0.660. The van der Waals surface area contributed by atoms with E-state index in [-0.39, 0.29) is 11.5 Å². The Morgan fingerprint density at radius 1 is 1.25 bits per heavy atom. The van der Waals surface area contributed by atoms with Gasteiger partial charge in [0.05, 0.1) is 0 Å². The quantitative estimate of drug-likeness (QED) is 0.843. The first-order valence-electron chi connectivity index (χ1n) is 6.17. The molecule has 16 heavy (non-hydrogen) atoms. The molecule has 0 spiro atoms. The van der Waals surface area contributed by atoms with Crippen LogP contribution in [0.3, 0.4) is 0 Å². The molecule has 1 aromatic rings. The van der Waals surface area contributed by atoms with Gasteiger partial charge in [0.15, 0.2) is 5.43 Å². The molecule has 0 aromatic carbocycles. The Morgan fingerprint density at radius 2 is 1.88 bits per heavy atom. The maximum absolute atomic E-state index is 11.0. The second-order valence-electron chi connectivity index (χ2n) is 4.79. The SMILES string of the molecule is NC(Cn1ccc(=O)cc1)C1CCCCC1. The van der Waals surface area contributed by atoms with Crippen LogP contribution in [0.15, 0.2) is 29.3 Å². The monoisotopic (exact) mass is 220 g/mol. The van der Waals surface area contributed by atoms with E-state index in [0.29, 0.717) is 5.92 Å². The molecule has 88 valence electrons. The zero-order valence-corrected chi connectivity index (χ0v) is 9.64. The van der Waals surface area contributed by atoms with Crippen LogP contribution in [0.2, 0.25) is 0 Å². The lowest BCUT2D eigenvalue weighted by Crippen LogP contribution is -2.35. The summed E-state index contributed by atoms with van der Waals surface area (Å²) in [4.78, 5) is 11.0. The smallest absolute Gasteiger partial charge is 0.181 e. The van der Waals surface area contributed by atoms with Gasteiger partial charge >= 0.3 is 0 Å². The summed E-state index contributed by atoms with van der Waals surface area (Å²) < 4.78 is 2.01. The van der Waals surface area contributed by atoms with Crippen molar-refractivity contribution in [1.29, 1.82) is 0 Å². The molecule has 1 saturated carbocycles. The lowest BCUT2D eigenvalue weighted by molar-refractivity contribution is 0.285. The van der Waals surface area contributed by atoms with Crippen molar-refractivity contribution in [2.24, 2.45) is 11.7 Å². The number of rotatable bonds is 3. The van der Waals surface area contributed by atoms with Crippen LogP contribution in [0.4, 0.5) is 0 Å². The first kappa shape index (κ1) is 11.4. The molecule has 1 atom stereocenters. The van der Waals surface area contributed by atoms with Crippen LogP contribution in [-0.4, -0.2) is 10.6 Å². The van der Waals surface area contributed by atoms with Gasteiger partial charge in [0, 0.05) is 37.1 Å². The molecule has 1 aliphatic rings. The molecule has 3 nitrogen and oxygen atoms in total. The van der Waals surface area contributed by atoms with Crippen molar-refractivity contribution in [3.63, 3.8) is 0 Å². The van der Waals surface area contributed by atoms with Crippen LogP contribution in [0.5, 0.6) is 0 Å². The average molecular weight is 220 g/mol. The van der Waals surface area contributed by atoms with Crippen molar-refractivity contribution in [2.75, 3.05) is 0 Å². The van der Waals surface area contributed by atoms with Gasteiger partial charge in [-0.15, -0.1) is 0 Å². The normalized spacial score (nSPS) is 19.6. The topological polar surface area (TPSA) is 48.0 Å². The second-order valence-corrected chi connectivity index (χ2v) is 4.79. The third-order valence-electron chi connectivity index (χ3n) is 3.54. The van der Waals surface area contributed by atoms with Gasteiger partial charge in [0.25, 0.3) is 0 Å². The van der Waals surface area contributed by atoms with E-state index in [0.717, 1.165) is 6.54 Å². The van der Waals surface area contributed by atoms with E-state index in [1.54, 1.807) is 12.1 Å². The standard InChI is InChI=1S/C13H20N2O/c14-13(11-4-2-1-3-5-11)10-15-8-6-12(16)7-9-15/h6-9,11,13H,1-5,10,14H2. The second kappa shape index (κ2) is 5.30. The highest BCUT2D eigenvalue weighted by Crippen LogP contribution is 2.26. The maximum atomic E-state index is 11.0. The number of hydrogen-bond acceptors (Lipinski definition) is 2. The highest BCUT2D eigenvalue weighted by Gasteiger charge is 2.20.